The van der Waals surface area contributed by atoms with Crippen molar-refractivity contribution in [1.29, 1.82) is 0 Å². The van der Waals surface area contributed by atoms with Gasteiger partial charge in [0.1, 0.15) is 0 Å². The van der Waals surface area contributed by atoms with Gasteiger partial charge in [-0.3, -0.25) is 4.79 Å². The van der Waals surface area contributed by atoms with Crippen molar-refractivity contribution in [3.05, 3.63) is 12.2 Å². The largest absolute Gasteiger partial charge is 0.479 e. The predicted octanol–water partition coefficient (Wildman–Crippen LogP) is 5.97. The summed E-state index contributed by atoms with van der Waals surface area (Å²) in [5.41, 5.74) is 0. The zero-order chi connectivity index (χ0) is 22.6. The summed E-state index contributed by atoms with van der Waals surface area (Å²) in [6, 6.07) is 0. The molecule has 0 amide bonds. The van der Waals surface area contributed by atoms with E-state index in [4.69, 9.17) is 9.84 Å². The van der Waals surface area contributed by atoms with E-state index in [1.54, 1.807) is 0 Å². The summed E-state index contributed by atoms with van der Waals surface area (Å²) in [6.45, 7) is 4.88. The van der Waals surface area contributed by atoms with Crippen LogP contribution in [0.2, 0.25) is 0 Å². The SMILES string of the molecule is CCCCCCCC/C=C\CCCCCCCC(=O)O[C@H](C)C(=O)O[C@@H](C)C(=O)O. The van der Waals surface area contributed by atoms with Crippen LogP contribution in [0.4, 0.5) is 0 Å². The highest BCUT2D eigenvalue weighted by molar-refractivity contribution is 5.82. The van der Waals surface area contributed by atoms with E-state index in [9.17, 15) is 14.4 Å². The maximum atomic E-state index is 11.8. The molecule has 0 unspecified atom stereocenters. The lowest BCUT2D eigenvalue weighted by molar-refractivity contribution is -0.174. The Hall–Kier alpha value is -1.85. The maximum Gasteiger partial charge on any atom is 0.347 e. The molecule has 0 radical (unpaired) electrons. The number of hydrogen-bond donors (Lipinski definition) is 1. The Bertz CT molecular complexity index is 500. The molecule has 30 heavy (non-hydrogen) atoms. The number of carboxylic acid groups (broad SMARTS) is 1. The van der Waals surface area contributed by atoms with Gasteiger partial charge in [-0.1, -0.05) is 70.4 Å². The third kappa shape index (κ3) is 17.0. The van der Waals surface area contributed by atoms with Gasteiger partial charge in [0.15, 0.2) is 12.2 Å². The minimum absolute atomic E-state index is 0.254. The van der Waals surface area contributed by atoms with Gasteiger partial charge in [-0.2, -0.15) is 0 Å². The standard InChI is InChI=1S/C24H42O6/c1-4-5-6-7-8-9-10-11-12-13-14-15-16-17-18-19-22(25)29-21(3)24(28)30-20(2)23(26)27/h11-12,20-21H,4-10,13-19H2,1-3H3,(H,26,27)/b12-11-/t20-,21+/m0/s1. The Morgan fingerprint density at radius 2 is 1.23 bits per heavy atom. The Kier molecular flexibility index (Phi) is 18.0. The monoisotopic (exact) mass is 426 g/mol. The smallest absolute Gasteiger partial charge is 0.347 e. The van der Waals surface area contributed by atoms with Gasteiger partial charge in [0.05, 0.1) is 0 Å². The second-order valence-corrected chi connectivity index (χ2v) is 7.88. The molecule has 1 N–H and O–H groups in total. The summed E-state index contributed by atoms with van der Waals surface area (Å²) in [5, 5.41) is 8.71. The Morgan fingerprint density at radius 1 is 0.733 bits per heavy atom. The van der Waals surface area contributed by atoms with Gasteiger partial charge >= 0.3 is 17.9 Å². The van der Waals surface area contributed by atoms with Gasteiger partial charge in [-0.05, 0) is 46.0 Å². The number of carbonyl (C=O) groups excluding carboxylic acids is 2. The highest BCUT2D eigenvalue weighted by atomic mass is 16.6. The van der Waals surface area contributed by atoms with Crippen LogP contribution >= 0.6 is 0 Å². The zero-order valence-electron chi connectivity index (χ0n) is 19.2. The molecular weight excluding hydrogens is 384 g/mol. The van der Waals surface area contributed by atoms with E-state index in [2.05, 4.69) is 23.8 Å². The predicted molar refractivity (Wildman–Crippen MR) is 118 cm³/mol. The minimum atomic E-state index is -1.26. The van der Waals surface area contributed by atoms with E-state index in [0.717, 1.165) is 32.1 Å². The van der Waals surface area contributed by atoms with Crippen LogP contribution in [-0.2, 0) is 23.9 Å². The summed E-state index contributed by atoms with van der Waals surface area (Å²) in [6.07, 6.45) is 17.9. The molecule has 0 aliphatic heterocycles. The highest BCUT2D eigenvalue weighted by Crippen LogP contribution is 2.11. The zero-order valence-corrected chi connectivity index (χ0v) is 19.2. The molecule has 0 bridgehead atoms. The van der Waals surface area contributed by atoms with Crippen LogP contribution in [0.1, 0.15) is 111 Å². The fourth-order valence-electron chi connectivity index (χ4n) is 2.96. The molecule has 0 heterocycles. The third-order valence-corrected chi connectivity index (χ3v) is 4.92. The first-order chi connectivity index (χ1) is 14.4. The van der Waals surface area contributed by atoms with E-state index >= 15 is 0 Å². The van der Waals surface area contributed by atoms with Gasteiger partial charge in [0, 0.05) is 6.42 Å². The lowest BCUT2D eigenvalue weighted by Gasteiger charge is -2.14. The van der Waals surface area contributed by atoms with Crippen molar-refractivity contribution in [2.75, 3.05) is 0 Å². The van der Waals surface area contributed by atoms with Crippen LogP contribution in [-0.4, -0.2) is 35.2 Å². The molecule has 0 aliphatic rings. The molecule has 0 aromatic heterocycles. The van der Waals surface area contributed by atoms with E-state index in [-0.39, 0.29) is 6.42 Å². The van der Waals surface area contributed by atoms with Gasteiger partial charge in [0.2, 0.25) is 0 Å². The van der Waals surface area contributed by atoms with Gasteiger partial charge in [0.25, 0.3) is 0 Å². The number of rotatable bonds is 19. The average Bonchev–Trinajstić information content (AvgIpc) is 2.70. The number of carboxylic acids is 1. The van der Waals surface area contributed by atoms with Gasteiger partial charge in [-0.25, -0.2) is 9.59 Å². The van der Waals surface area contributed by atoms with Crippen LogP contribution in [0, 0.1) is 0 Å². The molecule has 6 heteroatoms. The highest BCUT2D eigenvalue weighted by Gasteiger charge is 2.23. The van der Waals surface area contributed by atoms with Crippen molar-refractivity contribution in [2.45, 2.75) is 123 Å². The van der Waals surface area contributed by atoms with E-state index in [0.29, 0.717) is 0 Å². The van der Waals surface area contributed by atoms with E-state index in [1.165, 1.54) is 65.2 Å². The molecule has 0 fully saturated rings. The summed E-state index contributed by atoms with van der Waals surface area (Å²) < 4.78 is 9.68. The normalized spacial score (nSPS) is 13.2. The summed E-state index contributed by atoms with van der Waals surface area (Å²) in [7, 11) is 0. The molecule has 0 saturated carbocycles. The topological polar surface area (TPSA) is 89.9 Å². The Balaban J connectivity index is 3.55. The summed E-state index contributed by atoms with van der Waals surface area (Å²) in [5.74, 6) is -2.54. The van der Waals surface area contributed by atoms with Crippen LogP contribution in [0.25, 0.3) is 0 Å². The number of allylic oxidation sites excluding steroid dienone is 2. The van der Waals surface area contributed by atoms with Crippen LogP contribution < -0.4 is 0 Å². The number of esters is 2. The van der Waals surface area contributed by atoms with Crippen molar-refractivity contribution in [3.8, 4) is 0 Å². The lowest BCUT2D eigenvalue weighted by atomic mass is 10.1. The van der Waals surface area contributed by atoms with E-state index < -0.39 is 30.1 Å². The number of unbranched alkanes of at least 4 members (excludes halogenated alkanes) is 11. The first-order valence-corrected chi connectivity index (χ1v) is 11.7. The van der Waals surface area contributed by atoms with Crippen LogP contribution in [0.15, 0.2) is 12.2 Å². The minimum Gasteiger partial charge on any atom is -0.479 e. The molecule has 174 valence electrons. The summed E-state index contributed by atoms with van der Waals surface area (Å²) in [4.78, 5) is 34.1. The number of hydrogen-bond acceptors (Lipinski definition) is 5. The second-order valence-electron chi connectivity index (χ2n) is 7.88. The molecule has 0 spiro atoms. The van der Waals surface area contributed by atoms with Crippen molar-refractivity contribution in [3.63, 3.8) is 0 Å². The van der Waals surface area contributed by atoms with Crippen molar-refractivity contribution in [2.24, 2.45) is 0 Å². The van der Waals surface area contributed by atoms with Crippen molar-refractivity contribution in [1.82, 2.24) is 0 Å². The number of carbonyl (C=O) groups is 3. The molecule has 0 aliphatic carbocycles. The summed E-state index contributed by atoms with van der Waals surface area (Å²) >= 11 is 0. The van der Waals surface area contributed by atoms with E-state index in [1.807, 2.05) is 0 Å². The maximum absolute atomic E-state index is 11.8. The van der Waals surface area contributed by atoms with Gasteiger partial charge < -0.3 is 14.6 Å². The quantitative estimate of drug-likeness (QED) is 0.155. The Morgan fingerprint density at radius 3 is 1.77 bits per heavy atom. The Labute approximate surface area is 182 Å². The molecule has 2 atom stereocenters. The molecule has 6 nitrogen and oxygen atoms in total. The van der Waals surface area contributed by atoms with Crippen LogP contribution in [0.5, 0.6) is 0 Å². The first-order valence-electron chi connectivity index (χ1n) is 11.7. The molecular formula is C24H42O6. The van der Waals surface area contributed by atoms with Crippen LogP contribution in [0.3, 0.4) is 0 Å². The fraction of sp³-hybridized carbons (Fsp3) is 0.792. The molecule has 0 aromatic rings. The molecule has 0 rings (SSSR count). The fourth-order valence-corrected chi connectivity index (χ4v) is 2.96. The molecule has 0 aromatic carbocycles. The van der Waals surface area contributed by atoms with Gasteiger partial charge in [-0.15, -0.1) is 0 Å². The van der Waals surface area contributed by atoms with Crippen molar-refractivity contribution < 1.29 is 29.0 Å². The molecule has 0 saturated heterocycles. The number of ether oxygens (including phenoxy) is 2. The average molecular weight is 427 g/mol. The first kappa shape index (κ1) is 28.1. The lowest BCUT2D eigenvalue weighted by Crippen LogP contribution is -2.32. The third-order valence-electron chi connectivity index (χ3n) is 4.92. The number of aliphatic carboxylic acids is 1. The van der Waals surface area contributed by atoms with Crippen molar-refractivity contribution >= 4 is 17.9 Å². The second kappa shape index (κ2) is 19.1.